The smallest absolute Gasteiger partial charge is 0.315 e. The van der Waals surface area contributed by atoms with E-state index in [1.807, 2.05) is 0 Å². The Kier molecular flexibility index (Phi) is 4.08. The van der Waals surface area contributed by atoms with Gasteiger partial charge in [0.15, 0.2) is 9.84 Å². The van der Waals surface area contributed by atoms with Crippen molar-refractivity contribution in [2.75, 3.05) is 19.4 Å². The average molecular weight is 315 g/mol. The van der Waals surface area contributed by atoms with Crippen LogP contribution in [0.5, 0.6) is 0 Å². The van der Waals surface area contributed by atoms with Crippen molar-refractivity contribution in [3.63, 3.8) is 0 Å². The van der Waals surface area contributed by atoms with Gasteiger partial charge in [-0.1, -0.05) is 12.1 Å². The van der Waals surface area contributed by atoms with Crippen molar-refractivity contribution in [2.24, 2.45) is 11.1 Å². The second-order valence-electron chi connectivity index (χ2n) is 5.25. The zero-order valence-corrected chi connectivity index (χ0v) is 12.7. The molecule has 5 nitrogen and oxygen atoms in total. The van der Waals surface area contributed by atoms with E-state index in [4.69, 9.17) is 10.5 Å². The van der Waals surface area contributed by atoms with Gasteiger partial charge in [-0.2, -0.15) is 0 Å². The highest BCUT2D eigenvalue weighted by atomic mass is 32.2. The highest BCUT2D eigenvalue weighted by molar-refractivity contribution is 7.91. The molecular weight excluding hydrogens is 297 g/mol. The summed E-state index contributed by atoms with van der Waals surface area (Å²) in [5.74, 6) is -1.80. The number of esters is 1. The van der Waals surface area contributed by atoms with Crippen LogP contribution in [-0.2, 0) is 19.4 Å². The van der Waals surface area contributed by atoms with Crippen LogP contribution in [0.25, 0.3) is 0 Å². The number of rotatable bonds is 5. The van der Waals surface area contributed by atoms with Crippen molar-refractivity contribution in [1.29, 1.82) is 0 Å². The maximum atomic E-state index is 13.4. The lowest BCUT2D eigenvalue weighted by Gasteiger charge is -2.14. The van der Waals surface area contributed by atoms with Crippen molar-refractivity contribution < 1.29 is 22.3 Å². The van der Waals surface area contributed by atoms with Gasteiger partial charge < -0.3 is 10.5 Å². The molecule has 1 aromatic rings. The van der Waals surface area contributed by atoms with Crippen LogP contribution in [0.15, 0.2) is 24.3 Å². The Bertz CT molecular complexity index is 661. The fourth-order valence-corrected chi connectivity index (χ4v) is 4.96. The fourth-order valence-electron chi connectivity index (χ4n) is 3.04. The molecule has 1 fully saturated rings. The van der Waals surface area contributed by atoms with Crippen LogP contribution in [0.2, 0.25) is 0 Å². The van der Waals surface area contributed by atoms with Crippen LogP contribution in [-0.4, -0.2) is 39.0 Å². The standard InChI is InChI=1S/C14H18FNO4S/c1-3-20-13(17)14(8-16)11(12(14)21(2,18)19)9-5-4-6-10(15)7-9/h4-7,11-12H,3,8,16H2,1-2H3/t11-,12-,14-/m0/s1. The topological polar surface area (TPSA) is 86.5 Å². The number of carbonyl (C=O) groups is 1. The summed E-state index contributed by atoms with van der Waals surface area (Å²) in [4.78, 5) is 12.2. The average Bonchev–Trinajstić information content (AvgIpc) is 3.09. The molecule has 1 aliphatic rings. The van der Waals surface area contributed by atoms with E-state index in [1.54, 1.807) is 13.0 Å². The Morgan fingerprint density at radius 3 is 2.62 bits per heavy atom. The summed E-state index contributed by atoms with van der Waals surface area (Å²) in [6.07, 6.45) is 1.06. The molecule has 2 N–H and O–H groups in total. The van der Waals surface area contributed by atoms with Gasteiger partial charge in [0.05, 0.1) is 11.9 Å². The third-order valence-electron chi connectivity index (χ3n) is 3.92. The van der Waals surface area contributed by atoms with Gasteiger partial charge >= 0.3 is 5.97 Å². The summed E-state index contributed by atoms with van der Waals surface area (Å²) in [6, 6.07) is 5.58. The summed E-state index contributed by atoms with van der Waals surface area (Å²) in [6.45, 7) is 1.61. The van der Waals surface area contributed by atoms with Crippen molar-refractivity contribution in [2.45, 2.75) is 18.1 Å². The molecule has 21 heavy (non-hydrogen) atoms. The van der Waals surface area contributed by atoms with E-state index in [-0.39, 0.29) is 13.2 Å². The molecule has 1 saturated carbocycles. The van der Waals surface area contributed by atoms with E-state index in [0.717, 1.165) is 6.26 Å². The number of nitrogens with two attached hydrogens (primary N) is 1. The molecule has 1 aliphatic carbocycles. The van der Waals surface area contributed by atoms with Gasteiger partial charge in [0, 0.05) is 18.7 Å². The highest BCUT2D eigenvalue weighted by Gasteiger charge is 2.74. The molecule has 0 spiro atoms. The normalized spacial score (nSPS) is 28.2. The van der Waals surface area contributed by atoms with E-state index in [9.17, 15) is 17.6 Å². The molecule has 0 heterocycles. The Hall–Kier alpha value is -1.47. The molecule has 0 amide bonds. The predicted octanol–water partition coefficient (Wildman–Crippen LogP) is 0.844. The van der Waals surface area contributed by atoms with Gasteiger partial charge in [-0.25, -0.2) is 12.8 Å². The Labute approximate surface area is 123 Å². The molecule has 0 aliphatic heterocycles. The highest BCUT2D eigenvalue weighted by Crippen LogP contribution is 2.62. The first-order chi connectivity index (χ1) is 9.79. The minimum Gasteiger partial charge on any atom is -0.465 e. The van der Waals surface area contributed by atoms with E-state index >= 15 is 0 Å². The lowest BCUT2D eigenvalue weighted by Crippen LogP contribution is -2.33. The molecular formula is C14H18FNO4S. The van der Waals surface area contributed by atoms with E-state index in [2.05, 4.69) is 0 Å². The van der Waals surface area contributed by atoms with Gasteiger partial charge in [-0.15, -0.1) is 0 Å². The second kappa shape index (κ2) is 5.38. The monoisotopic (exact) mass is 315 g/mol. The lowest BCUT2D eigenvalue weighted by molar-refractivity contribution is -0.149. The largest absolute Gasteiger partial charge is 0.465 e. The minimum atomic E-state index is -3.53. The van der Waals surface area contributed by atoms with Gasteiger partial charge in [0.2, 0.25) is 0 Å². The zero-order valence-electron chi connectivity index (χ0n) is 11.9. The van der Waals surface area contributed by atoms with Crippen LogP contribution < -0.4 is 5.73 Å². The number of hydrogen-bond donors (Lipinski definition) is 1. The molecule has 116 valence electrons. The number of halogens is 1. The fraction of sp³-hybridized carbons (Fsp3) is 0.500. The van der Waals surface area contributed by atoms with E-state index in [0.29, 0.717) is 5.56 Å². The van der Waals surface area contributed by atoms with Gasteiger partial charge in [-0.05, 0) is 24.6 Å². The number of ether oxygens (including phenoxy) is 1. The first kappa shape index (κ1) is 15.9. The molecule has 0 unspecified atom stereocenters. The predicted molar refractivity (Wildman–Crippen MR) is 75.9 cm³/mol. The first-order valence-corrected chi connectivity index (χ1v) is 8.56. The number of hydrogen-bond acceptors (Lipinski definition) is 5. The summed E-state index contributed by atoms with van der Waals surface area (Å²) in [5.41, 5.74) is 4.82. The van der Waals surface area contributed by atoms with Gasteiger partial charge in [-0.3, -0.25) is 4.79 Å². The zero-order chi connectivity index (χ0) is 15.8. The van der Waals surface area contributed by atoms with Crippen molar-refractivity contribution in [1.82, 2.24) is 0 Å². The van der Waals surface area contributed by atoms with Crippen LogP contribution in [0.4, 0.5) is 4.39 Å². The third kappa shape index (κ3) is 2.55. The molecule has 0 bridgehead atoms. The lowest BCUT2D eigenvalue weighted by atomic mass is 9.99. The van der Waals surface area contributed by atoms with Crippen molar-refractivity contribution in [3.8, 4) is 0 Å². The maximum absolute atomic E-state index is 13.4. The molecule has 0 radical (unpaired) electrons. The Balaban J connectivity index is 2.50. The van der Waals surface area contributed by atoms with Gasteiger partial charge in [0.25, 0.3) is 0 Å². The number of sulfone groups is 1. The van der Waals surface area contributed by atoms with E-state index in [1.165, 1.54) is 18.2 Å². The van der Waals surface area contributed by atoms with Gasteiger partial charge in [0.1, 0.15) is 11.2 Å². The Morgan fingerprint density at radius 2 is 2.14 bits per heavy atom. The molecule has 1 aromatic carbocycles. The summed E-state index contributed by atoms with van der Waals surface area (Å²) in [5, 5.41) is -0.976. The molecule has 0 saturated heterocycles. The molecule has 2 rings (SSSR count). The molecule has 3 atom stereocenters. The molecule has 7 heteroatoms. The van der Waals surface area contributed by atoms with Crippen LogP contribution >= 0.6 is 0 Å². The van der Waals surface area contributed by atoms with E-state index < -0.39 is 38.2 Å². The summed E-state index contributed by atoms with van der Waals surface area (Å²) < 4.78 is 42.4. The minimum absolute atomic E-state index is 0.132. The number of benzene rings is 1. The first-order valence-electron chi connectivity index (χ1n) is 6.60. The summed E-state index contributed by atoms with van der Waals surface area (Å²) in [7, 11) is -3.53. The van der Waals surface area contributed by atoms with Crippen molar-refractivity contribution >= 4 is 15.8 Å². The van der Waals surface area contributed by atoms with Crippen LogP contribution in [0.3, 0.4) is 0 Å². The maximum Gasteiger partial charge on any atom is 0.315 e. The third-order valence-corrected chi connectivity index (χ3v) is 5.53. The van der Waals surface area contributed by atoms with Crippen LogP contribution in [0.1, 0.15) is 18.4 Å². The molecule has 0 aromatic heterocycles. The number of carbonyl (C=O) groups excluding carboxylic acids is 1. The SMILES string of the molecule is CCOC(=O)[C@@]1(CN)[C@@H](c2cccc(F)c2)[C@@H]1S(C)(=O)=O. The van der Waals surface area contributed by atoms with Crippen LogP contribution in [0, 0.1) is 11.2 Å². The Morgan fingerprint density at radius 1 is 1.48 bits per heavy atom. The second-order valence-corrected chi connectivity index (χ2v) is 7.41. The summed E-state index contributed by atoms with van der Waals surface area (Å²) >= 11 is 0. The van der Waals surface area contributed by atoms with Crippen molar-refractivity contribution in [3.05, 3.63) is 35.6 Å². The quantitative estimate of drug-likeness (QED) is 0.814.